The molecule has 7 heteroatoms. The van der Waals surface area contributed by atoms with Crippen molar-refractivity contribution in [2.75, 3.05) is 0 Å². The van der Waals surface area contributed by atoms with Crippen molar-refractivity contribution in [3.05, 3.63) is 71.4 Å². The van der Waals surface area contributed by atoms with Gasteiger partial charge in [0.15, 0.2) is 0 Å². The van der Waals surface area contributed by atoms with E-state index >= 15 is 0 Å². The van der Waals surface area contributed by atoms with Gasteiger partial charge in [-0.3, -0.25) is 0 Å². The predicted molar refractivity (Wildman–Crippen MR) is 92.2 cm³/mol. The van der Waals surface area contributed by atoms with Crippen LogP contribution in [0.5, 0.6) is 5.88 Å². The molecule has 0 radical (unpaired) electrons. The highest BCUT2D eigenvalue weighted by molar-refractivity contribution is 7.87. The van der Waals surface area contributed by atoms with E-state index in [0.717, 1.165) is 11.4 Å². The molecule has 5 nitrogen and oxygen atoms in total. The molecule has 0 spiro atoms. The van der Waals surface area contributed by atoms with Gasteiger partial charge in [-0.15, -0.1) is 0 Å². The topological polar surface area (TPSA) is 61.2 Å². The van der Waals surface area contributed by atoms with Crippen LogP contribution in [0.2, 0.25) is 5.02 Å². The zero-order valence-corrected chi connectivity index (χ0v) is 14.5. The largest absolute Gasteiger partial charge is 0.358 e. The van der Waals surface area contributed by atoms with Crippen molar-refractivity contribution in [3.8, 4) is 11.6 Å². The van der Waals surface area contributed by atoms with Crippen LogP contribution in [-0.2, 0) is 16.5 Å². The summed E-state index contributed by atoms with van der Waals surface area (Å²) in [5.74, 6) is 0.146. The zero-order valence-electron chi connectivity index (χ0n) is 12.9. The van der Waals surface area contributed by atoms with E-state index in [4.69, 9.17) is 15.8 Å². The number of para-hydroxylation sites is 1. The molecule has 24 heavy (non-hydrogen) atoms. The summed E-state index contributed by atoms with van der Waals surface area (Å²) in [5.41, 5.74) is 1.46. The molecule has 1 heterocycles. The number of benzene rings is 2. The summed E-state index contributed by atoms with van der Waals surface area (Å²) in [6.45, 7) is 1.94. The molecule has 3 rings (SSSR count). The van der Waals surface area contributed by atoms with Crippen molar-refractivity contribution < 1.29 is 12.6 Å². The van der Waals surface area contributed by atoms with Crippen LogP contribution in [0.15, 0.2) is 65.6 Å². The highest BCUT2D eigenvalue weighted by atomic mass is 35.5. The molecule has 0 amide bonds. The highest BCUT2D eigenvalue weighted by Gasteiger charge is 2.20. The van der Waals surface area contributed by atoms with Gasteiger partial charge in [-0.25, -0.2) is 0 Å². The summed E-state index contributed by atoms with van der Waals surface area (Å²) in [4.78, 5) is 0.0331. The van der Waals surface area contributed by atoms with E-state index in [1.165, 1.54) is 28.9 Å². The first-order valence-corrected chi connectivity index (χ1v) is 9.12. The Morgan fingerprint density at radius 3 is 2.38 bits per heavy atom. The number of hydrogen-bond acceptors (Lipinski definition) is 4. The van der Waals surface area contributed by atoms with Gasteiger partial charge in [-0.05, 0) is 42.8 Å². The third kappa shape index (κ3) is 3.44. The zero-order chi connectivity index (χ0) is 17.2. The Hall–Kier alpha value is -2.31. The molecule has 1 aromatic heterocycles. The van der Waals surface area contributed by atoms with Gasteiger partial charge in [0.05, 0.1) is 11.4 Å². The monoisotopic (exact) mass is 362 g/mol. The number of hydrogen-bond donors (Lipinski definition) is 0. The van der Waals surface area contributed by atoms with Crippen LogP contribution in [0, 0.1) is 0 Å². The van der Waals surface area contributed by atoms with Crippen molar-refractivity contribution >= 4 is 21.7 Å². The molecule has 0 saturated heterocycles. The lowest BCUT2D eigenvalue weighted by molar-refractivity contribution is 0.465. The van der Waals surface area contributed by atoms with Crippen LogP contribution in [-0.4, -0.2) is 18.2 Å². The smallest absolute Gasteiger partial charge is 0.340 e. The van der Waals surface area contributed by atoms with Gasteiger partial charge >= 0.3 is 10.1 Å². The van der Waals surface area contributed by atoms with Gasteiger partial charge in [0.1, 0.15) is 4.90 Å². The summed E-state index contributed by atoms with van der Waals surface area (Å²) in [6, 6.07) is 16.7. The molecule has 0 unspecified atom stereocenters. The van der Waals surface area contributed by atoms with Crippen LogP contribution in [0.25, 0.3) is 5.69 Å². The van der Waals surface area contributed by atoms with Crippen molar-refractivity contribution in [2.45, 2.75) is 18.2 Å². The van der Waals surface area contributed by atoms with E-state index in [-0.39, 0.29) is 10.8 Å². The SMILES string of the molecule is CCc1cc(OS(=O)(=O)c2ccc(Cl)cc2)n(-c2ccccc2)n1. The predicted octanol–water partition coefficient (Wildman–Crippen LogP) is 3.86. The second-order valence-corrected chi connectivity index (χ2v) is 7.05. The van der Waals surface area contributed by atoms with Crippen molar-refractivity contribution in [1.29, 1.82) is 0 Å². The molecule has 0 saturated carbocycles. The third-order valence-electron chi connectivity index (χ3n) is 3.39. The van der Waals surface area contributed by atoms with Crippen LogP contribution >= 0.6 is 11.6 Å². The Morgan fingerprint density at radius 1 is 1.08 bits per heavy atom. The summed E-state index contributed by atoms with van der Waals surface area (Å²) in [5, 5.41) is 4.85. The molecule has 0 bridgehead atoms. The second kappa shape index (κ2) is 6.67. The van der Waals surface area contributed by atoms with E-state index < -0.39 is 10.1 Å². The van der Waals surface area contributed by atoms with Crippen molar-refractivity contribution in [2.24, 2.45) is 0 Å². The van der Waals surface area contributed by atoms with Gasteiger partial charge in [0, 0.05) is 11.1 Å². The molecular formula is C17H15ClN2O3S. The summed E-state index contributed by atoms with van der Waals surface area (Å²) < 4.78 is 31.8. The molecule has 124 valence electrons. The van der Waals surface area contributed by atoms with Gasteiger partial charge in [0.25, 0.3) is 0 Å². The van der Waals surface area contributed by atoms with E-state index in [0.29, 0.717) is 11.4 Å². The normalized spacial score (nSPS) is 11.4. The average Bonchev–Trinajstić information content (AvgIpc) is 2.98. The van der Waals surface area contributed by atoms with E-state index in [1.807, 2.05) is 37.3 Å². The lowest BCUT2D eigenvalue weighted by atomic mass is 10.3. The van der Waals surface area contributed by atoms with Gasteiger partial charge in [-0.1, -0.05) is 36.7 Å². The molecular weight excluding hydrogens is 348 g/mol. The van der Waals surface area contributed by atoms with Crippen LogP contribution in [0.4, 0.5) is 0 Å². The Bertz CT molecular complexity index is 936. The van der Waals surface area contributed by atoms with E-state index in [9.17, 15) is 8.42 Å². The number of aryl methyl sites for hydroxylation is 1. The summed E-state index contributed by atoms with van der Waals surface area (Å²) >= 11 is 5.80. The minimum atomic E-state index is -3.97. The summed E-state index contributed by atoms with van der Waals surface area (Å²) in [7, 11) is -3.97. The fourth-order valence-electron chi connectivity index (χ4n) is 2.16. The number of rotatable bonds is 5. The summed E-state index contributed by atoms with van der Waals surface area (Å²) in [6.07, 6.45) is 0.664. The fourth-order valence-corrected chi connectivity index (χ4v) is 3.19. The first-order valence-electron chi connectivity index (χ1n) is 7.34. The molecule has 0 aliphatic rings. The van der Waals surface area contributed by atoms with Gasteiger partial charge < -0.3 is 4.18 Å². The third-order valence-corrected chi connectivity index (χ3v) is 4.88. The molecule has 3 aromatic rings. The van der Waals surface area contributed by atoms with Crippen LogP contribution in [0.1, 0.15) is 12.6 Å². The second-order valence-electron chi connectivity index (χ2n) is 5.07. The lowest BCUT2D eigenvalue weighted by Gasteiger charge is -2.09. The number of nitrogens with zero attached hydrogens (tertiary/aromatic N) is 2. The van der Waals surface area contributed by atoms with Crippen LogP contribution in [0.3, 0.4) is 0 Å². The maximum atomic E-state index is 12.5. The fraction of sp³-hybridized carbons (Fsp3) is 0.118. The van der Waals surface area contributed by atoms with E-state index in [2.05, 4.69) is 5.10 Å². The number of aromatic nitrogens is 2. The minimum absolute atomic E-state index is 0.0331. The average molecular weight is 363 g/mol. The lowest BCUT2D eigenvalue weighted by Crippen LogP contribution is -2.12. The molecule has 0 fully saturated rings. The maximum absolute atomic E-state index is 12.5. The molecule has 2 aromatic carbocycles. The Morgan fingerprint density at radius 2 is 1.75 bits per heavy atom. The van der Waals surface area contributed by atoms with Gasteiger partial charge in [0.2, 0.25) is 5.88 Å². The maximum Gasteiger partial charge on any atom is 0.340 e. The van der Waals surface area contributed by atoms with Crippen LogP contribution < -0.4 is 4.18 Å². The Labute approximate surface area is 145 Å². The molecule has 0 aliphatic carbocycles. The first kappa shape index (κ1) is 16.5. The highest BCUT2D eigenvalue weighted by Crippen LogP contribution is 2.24. The minimum Gasteiger partial charge on any atom is -0.358 e. The van der Waals surface area contributed by atoms with Crippen molar-refractivity contribution in [3.63, 3.8) is 0 Å². The molecule has 0 aliphatic heterocycles. The molecule has 0 atom stereocenters. The quantitative estimate of drug-likeness (QED) is 0.647. The van der Waals surface area contributed by atoms with Gasteiger partial charge in [-0.2, -0.15) is 18.2 Å². The Balaban J connectivity index is 2.00. The van der Waals surface area contributed by atoms with E-state index in [1.54, 1.807) is 6.07 Å². The first-order chi connectivity index (χ1) is 11.5. The Kier molecular flexibility index (Phi) is 4.59. The molecule has 0 N–H and O–H groups in total. The number of halogens is 1. The van der Waals surface area contributed by atoms with Crippen molar-refractivity contribution in [1.82, 2.24) is 9.78 Å². The standard InChI is InChI=1S/C17H15ClN2O3S/c1-2-14-12-17(20(19-14)15-6-4-3-5-7-15)23-24(21,22)16-10-8-13(18)9-11-16/h3-12H,2H2,1H3.